The summed E-state index contributed by atoms with van der Waals surface area (Å²) in [7, 11) is 0. The van der Waals surface area contributed by atoms with Crippen LogP contribution in [-0.4, -0.2) is 55.8 Å². The molecule has 1 amide bonds. The van der Waals surface area contributed by atoms with E-state index in [9.17, 15) is 28.8 Å². The Balaban J connectivity index is 1.45. The predicted molar refractivity (Wildman–Crippen MR) is 277 cm³/mol. The Kier molecular flexibility index (Phi) is 29.8. The lowest BCUT2D eigenvalue weighted by Crippen LogP contribution is -2.43. The molecular weight excluding hydrogens is 887 g/mol. The van der Waals surface area contributed by atoms with E-state index in [1.165, 1.54) is 18.3 Å². The summed E-state index contributed by atoms with van der Waals surface area (Å²) in [4.78, 5) is 91.8. The molecule has 0 saturated heterocycles. The second-order valence-corrected chi connectivity index (χ2v) is 16.8. The minimum atomic E-state index is -1.38. The molecule has 0 aliphatic heterocycles. The van der Waals surface area contributed by atoms with Gasteiger partial charge < -0.3 is 25.8 Å². The van der Waals surface area contributed by atoms with E-state index in [4.69, 9.17) is 15.2 Å². The molecule has 0 saturated carbocycles. The molecular formula is C55H75N7O8. The van der Waals surface area contributed by atoms with Crippen LogP contribution in [0.5, 0.6) is 0 Å². The Labute approximate surface area is 413 Å². The van der Waals surface area contributed by atoms with Gasteiger partial charge in [0.05, 0.1) is 18.4 Å². The number of unbranched alkanes of at least 4 members (excludes halogenated alkanes) is 10. The van der Waals surface area contributed by atoms with Crippen molar-refractivity contribution in [2.24, 2.45) is 0 Å². The van der Waals surface area contributed by atoms with Crippen molar-refractivity contribution in [3.8, 4) is 0 Å². The van der Waals surface area contributed by atoms with Gasteiger partial charge in [0.15, 0.2) is 11.2 Å². The van der Waals surface area contributed by atoms with Gasteiger partial charge in [-0.15, -0.1) is 0 Å². The summed E-state index contributed by atoms with van der Waals surface area (Å²) in [6.45, 7) is 4.44. The fraction of sp³-hybridized carbons (Fsp3) is 0.473. The van der Waals surface area contributed by atoms with Crippen molar-refractivity contribution in [3.63, 3.8) is 0 Å². The SMILES string of the molecule is CC/C=C\C/C=C\C/C=C\CCCCCCCC(=O)OC(=O)CC[C@H](NC(=O)c1ccc(NCc2cnc3nc(N)[nH]c(=O)c3n2)cc1)C(=O)OC(=O)CCCCCCC/C=C\C/C=C\C/C=C\CC. The topological polar surface area (TPSA) is 225 Å². The number of hydrogen-bond donors (Lipinski definition) is 4. The number of hydrogen-bond acceptors (Lipinski definition) is 13. The first kappa shape index (κ1) is 57.5. The molecule has 0 fully saturated rings. The number of nitrogen functional groups attached to an aromatic ring is 1. The van der Waals surface area contributed by atoms with Crippen molar-refractivity contribution in [2.45, 2.75) is 168 Å². The summed E-state index contributed by atoms with van der Waals surface area (Å²) in [5.41, 5.74) is 6.49. The number of ether oxygens (including phenoxy) is 2. The Morgan fingerprint density at radius 3 is 1.70 bits per heavy atom. The zero-order valence-corrected chi connectivity index (χ0v) is 41.3. The average molecular weight is 962 g/mol. The van der Waals surface area contributed by atoms with Crippen molar-refractivity contribution in [1.82, 2.24) is 25.3 Å². The second kappa shape index (κ2) is 36.2. The number of anilines is 2. The van der Waals surface area contributed by atoms with Gasteiger partial charge in [0.25, 0.3) is 11.5 Å². The standard InChI is InChI=1S/C55H75N7O8/c1-3-5-7-9-11-13-15-17-19-21-23-25-27-29-31-33-47(63)69-49(65)40-39-46(54(68)70-48(64)34-32-30-28-26-24-22-20-18-16-14-12-10-8-6-4-2)60-52(66)43-35-37-44(38-36-43)57-41-45-42-58-51-50(59-45)53(67)62-55(56)61-51/h5-8,11-14,17-20,35-38,42,46,57H,3-4,9-10,15-16,21-34,39-41H2,1-2H3,(H,60,66)(H3,56,58,61,62,67)/b7-5-,8-6-,13-11-,14-12-,19-17-,20-18-/t46-/m0/s1. The van der Waals surface area contributed by atoms with Gasteiger partial charge in [0, 0.05) is 30.5 Å². The van der Waals surface area contributed by atoms with E-state index >= 15 is 0 Å². The van der Waals surface area contributed by atoms with Crippen molar-refractivity contribution in [1.29, 1.82) is 0 Å². The van der Waals surface area contributed by atoms with E-state index < -0.39 is 41.4 Å². The third-order valence-corrected chi connectivity index (χ3v) is 10.8. The molecule has 378 valence electrons. The Morgan fingerprint density at radius 1 is 0.629 bits per heavy atom. The average Bonchev–Trinajstić information content (AvgIpc) is 3.34. The zero-order chi connectivity index (χ0) is 50.4. The molecule has 1 atom stereocenters. The van der Waals surface area contributed by atoms with E-state index in [1.54, 1.807) is 12.1 Å². The molecule has 2 aromatic heterocycles. The molecule has 0 bridgehead atoms. The first-order chi connectivity index (χ1) is 34.1. The van der Waals surface area contributed by atoms with Crippen LogP contribution in [0.1, 0.15) is 171 Å². The fourth-order valence-electron chi connectivity index (χ4n) is 6.98. The molecule has 0 aliphatic rings. The smallest absolute Gasteiger partial charge is 0.336 e. The summed E-state index contributed by atoms with van der Waals surface area (Å²) < 4.78 is 10.2. The van der Waals surface area contributed by atoms with E-state index in [0.717, 1.165) is 103 Å². The molecule has 0 aliphatic carbocycles. The number of allylic oxidation sites excluding steroid dienone is 12. The normalized spacial score (nSPS) is 12.3. The molecule has 15 nitrogen and oxygen atoms in total. The largest absolute Gasteiger partial charge is 0.393 e. The Morgan fingerprint density at radius 2 is 1.13 bits per heavy atom. The molecule has 2 heterocycles. The number of esters is 4. The van der Waals surface area contributed by atoms with Crippen LogP contribution in [0.25, 0.3) is 11.2 Å². The minimum absolute atomic E-state index is 0.0242. The third-order valence-electron chi connectivity index (χ3n) is 10.8. The van der Waals surface area contributed by atoms with Crippen LogP contribution in [0.4, 0.5) is 11.6 Å². The van der Waals surface area contributed by atoms with Crippen LogP contribution in [0.2, 0.25) is 0 Å². The third kappa shape index (κ3) is 26.1. The van der Waals surface area contributed by atoms with E-state index in [2.05, 4.69) is 117 Å². The van der Waals surface area contributed by atoms with Crippen LogP contribution in [0.3, 0.4) is 0 Å². The summed E-state index contributed by atoms with van der Waals surface area (Å²) in [6.07, 6.45) is 43.7. The molecule has 3 rings (SSSR count). The second-order valence-electron chi connectivity index (χ2n) is 16.8. The zero-order valence-electron chi connectivity index (χ0n) is 41.3. The first-order valence-electron chi connectivity index (χ1n) is 25.1. The number of nitrogens with zero attached hydrogens (tertiary/aromatic N) is 3. The van der Waals surface area contributed by atoms with Gasteiger partial charge in [-0.2, -0.15) is 4.98 Å². The highest BCUT2D eigenvalue weighted by atomic mass is 16.6. The van der Waals surface area contributed by atoms with Gasteiger partial charge >= 0.3 is 23.9 Å². The Bertz CT molecular complexity index is 2300. The number of carbonyl (C=O) groups is 5. The van der Waals surface area contributed by atoms with Gasteiger partial charge in [-0.1, -0.05) is 125 Å². The number of H-pyrrole nitrogens is 1. The summed E-state index contributed by atoms with van der Waals surface area (Å²) in [5, 5.41) is 5.73. The first-order valence-corrected chi connectivity index (χ1v) is 25.1. The lowest BCUT2D eigenvalue weighted by Gasteiger charge is -2.17. The van der Waals surface area contributed by atoms with Gasteiger partial charge in [0.1, 0.15) is 6.04 Å². The van der Waals surface area contributed by atoms with Crippen molar-refractivity contribution in [2.75, 3.05) is 11.1 Å². The highest BCUT2D eigenvalue weighted by Gasteiger charge is 2.27. The molecule has 1 aromatic carbocycles. The number of amides is 1. The number of aromatic amines is 1. The highest BCUT2D eigenvalue weighted by Crippen LogP contribution is 2.15. The lowest BCUT2D eigenvalue weighted by atomic mass is 10.1. The van der Waals surface area contributed by atoms with E-state index in [-0.39, 0.29) is 54.9 Å². The van der Waals surface area contributed by atoms with Crippen molar-refractivity contribution in [3.05, 3.63) is 125 Å². The molecule has 15 heteroatoms. The number of rotatable bonds is 35. The maximum absolute atomic E-state index is 13.4. The maximum atomic E-state index is 13.4. The van der Waals surface area contributed by atoms with Crippen LogP contribution < -0.4 is 21.9 Å². The Hall–Kier alpha value is -6.77. The van der Waals surface area contributed by atoms with Crippen LogP contribution >= 0.6 is 0 Å². The molecule has 70 heavy (non-hydrogen) atoms. The summed E-state index contributed by atoms with van der Waals surface area (Å²) in [6, 6.07) is 4.93. The monoisotopic (exact) mass is 962 g/mol. The molecule has 5 N–H and O–H groups in total. The van der Waals surface area contributed by atoms with Gasteiger partial charge in [-0.05, 0) is 108 Å². The van der Waals surface area contributed by atoms with Crippen molar-refractivity contribution < 1.29 is 33.4 Å². The molecule has 0 unspecified atom stereocenters. The number of carbonyl (C=O) groups excluding carboxylic acids is 5. The maximum Gasteiger partial charge on any atom is 0.336 e. The molecule has 0 spiro atoms. The molecule has 3 aromatic rings. The lowest BCUT2D eigenvalue weighted by molar-refractivity contribution is -0.161. The number of nitrogens with one attached hydrogen (secondary N) is 3. The van der Waals surface area contributed by atoms with Crippen LogP contribution in [-0.2, 0) is 35.2 Å². The van der Waals surface area contributed by atoms with Crippen molar-refractivity contribution >= 4 is 52.6 Å². The van der Waals surface area contributed by atoms with Gasteiger partial charge in [-0.25, -0.2) is 14.8 Å². The summed E-state index contributed by atoms with van der Waals surface area (Å²) in [5.74, 6) is -3.95. The highest BCUT2D eigenvalue weighted by molar-refractivity contribution is 5.98. The number of aromatic nitrogens is 4. The minimum Gasteiger partial charge on any atom is -0.393 e. The number of benzene rings is 1. The van der Waals surface area contributed by atoms with E-state index in [0.29, 0.717) is 24.2 Å². The van der Waals surface area contributed by atoms with Crippen LogP contribution in [0, 0.1) is 0 Å². The number of nitrogens with two attached hydrogens (primary N) is 1. The number of fused-ring (bicyclic) bond motifs is 1. The van der Waals surface area contributed by atoms with Gasteiger partial charge in [0.2, 0.25) is 5.95 Å². The van der Waals surface area contributed by atoms with Gasteiger partial charge in [-0.3, -0.25) is 29.0 Å². The van der Waals surface area contributed by atoms with Crippen LogP contribution in [0.15, 0.2) is 108 Å². The quantitative estimate of drug-likeness (QED) is 0.0186. The molecule has 0 radical (unpaired) electrons. The van der Waals surface area contributed by atoms with E-state index in [1.807, 2.05) is 0 Å². The summed E-state index contributed by atoms with van der Waals surface area (Å²) >= 11 is 0. The fourth-order valence-corrected chi connectivity index (χ4v) is 6.98. The predicted octanol–water partition coefficient (Wildman–Crippen LogP) is 11.1.